The average molecular weight is 763 g/mol. The molecule has 4 aromatic carbocycles. The van der Waals surface area contributed by atoms with E-state index in [4.69, 9.17) is 0 Å². The fourth-order valence-corrected chi connectivity index (χ4v) is 11.0. The van der Waals surface area contributed by atoms with Gasteiger partial charge in [-0.15, -0.1) is 23.5 Å². The molecule has 4 nitrogen and oxygen atoms in total. The highest BCUT2D eigenvalue weighted by Gasteiger charge is 2.84. The maximum absolute atomic E-state index is 15.8. The summed E-state index contributed by atoms with van der Waals surface area (Å²) >= 11 is 1.69. The van der Waals surface area contributed by atoms with Crippen LogP contribution in [0.1, 0.15) is 50.9 Å². The lowest BCUT2D eigenvalue weighted by Crippen LogP contribution is -2.49. The van der Waals surface area contributed by atoms with Gasteiger partial charge in [0.25, 0.3) is 11.8 Å². The van der Waals surface area contributed by atoms with Crippen molar-refractivity contribution in [2.75, 3.05) is 0 Å². The van der Waals surface area contributed by atoms with Crippen LogP contribution in [0.2, 0.25) is 0 Å². The fourth-order valence-electron chi connectivity index (χ4n) is 8.08. The van der Waals surface area contributed by atoms with Gasteiger partial charge >= 0.3 is 17.8 Å². The van der Waals surface area contributed by atoms with Crippen LogP contribution in [0.25, 0.3) is 21.5 Å². The third-order valence-electron chi connectivity index (χ3n) is 11.0. The summed E-state index contributed by atoms with van der Waals surface area (Å²) in [4.78, 5) is 27.6. The predicted molar refractivity (Wildman–Crippen MR) is 198 cm³/mol. The molecule has 4 aromatic rings. The van der Waals surface area contributed by atoms with E-state index in [1.54, 1.807) is 13.8 Å². The van der Waals surface area contributed by atoms with E-state index in [-0.39, 0.29) is 9.81 Å². The SMILES string of the molecule is C[C@@H](NC(=O)C1=CC2=C3C(=C4C=C(C(=O)N[C@H](C)c5cccc6ccccc56)SC4(C)C2(C)S1)C(F)(F)C(F)(F)C3(F)F)c1cccc2ccccc12. The van der Waals surface area contributed by atoms with Crippen LogP contribution in [0.3, 0.4) is 0 Å². The number of hydrogen-bond donors (Lipinski definition) is 2. The van der Waals surface area contributed by atoms with Crippen LogP contribution >= 0.6 is 23.5 Å². The molecule has 2 aliphatic carbocycles. The summed E-state index contributed by atoms with van der Waals surface area (Å²) in [6, 6.07) is 25.2. The van der Waals surface area contributed by atoms with Crippen LogP contribution in [-0.4, -0.2) is 39.1 Å². The molecule has 1 saturated carbocycles. The van der Waals surface area contributed by atoms with Crippen molar-refractivity contribution >= 4 is 56.9 Å². The smallest absolute Gasteiger partial charge is 0.345 e. The summed E-state index contributed by atoms with van der Waals surface area (Å²) in [5, 5.41) is 9.42. The predicted octanol–water partition coefficient (Wildman–Crippen LogP) is 10.4. The summed E-state index contributed by atoms with van der Waals surface area (Å²) in [6.07, 6.45) is 2.08. The molecular formula is C41H32F6N2O2S2. The molecule has 0 radical (unpaired) electrons. The van der Waals surface area contributed by atoms with E-state index >= 15 is 26.3 Å². The molecule has 0 saturated heterocycles. The van der Waals surface area contributed by atoms with Gasteiger partial charge < -0.3 is 10.6 Å². The van der Waals surface area contributed by atoms with Gasteiger partial charge in [0.15, 0.2) is 0 Å². The lowest BCUT2D eigenvalue weighted by Gasteiger charge is -2.47. The number of fused-ring (bicyclic) bond motifs is 6. The van der Waals surface area contributed by atoms with Crippen LogP contribution in [0.5, 0.6) is 0 Å². The minimum Gasteiger partial charge on any atom is -0.345 e. The Kier molecular flexibility index (Phi) is 7.92. The van der Waals surface area contributed by atoms with Crippen LogP contribution in [0.15, 0.2) is 129 Å². The van der Waals surface area contributed by atoms with Crippen LogP contribution in [-0.2, 0) is 9.59 Å². The molecule has 1 fully saturated rings. The van der Waals surface area contributed by atoms with Crippen molar-refractivity contribution in [1.29, 1.82) is 0 Å². The van der Waals surface area contributed by atoms with Crippen molar-refractivity contribution < 1.29 is 35.9 Å². The molecule has 12 heteroatoms. The van der Waals surface area contributed by atoms with Gasteiger partial charge in [0.05, 0.1) is 31.4 Å². The first-order valence-electron chi connectivity index (χ1n) is 17.0. The number of amides is 2. The van der Waals surface area contributed by atoms with Crippen molar-refractivity contribution in [3.05, 3.63) is 140 Å². The number of alkyl halides is 6. The fraction of sp³-hybridized carbons (Fsp3) is 0.268. The Labute approximate surface area is 309 Å². The van der Waals surface area contributed by atoms with E-state index in [1.807, 2.05) is 84.9 Å². The number of carbonyl (C=O) groups is 2. The number of carbonyl (C=O) groups excluding carboxylic acids is 2. The molecule has 4 atom stereocenters. The first-order valence-corrected chi connectivity index (χ1v) is 18.6. The molecule has 2 aliphatic heterocycles. The first-order chi connectivity index (χ1) is 24.9. The molecular weight excluding hydrogens is 731 g/mol. The van der Waals surface area contributed by atoms with E-state index in [9.17, 15) is 9.59 Å². The maximum Gasteiger partial charge on any atom is 0.380 e. The normalized spacial score (nSPS) is 26.1. The minimum atomic E-state index is -5.77. The molecule has 2 unspecified atom stereocenters. The standard InChI is InChI=1S/C41H32F6N2O2S2/c1-21(25-17-9-13-23-11-5-7-15-27(23)25)48-35(50)31-19-29-33-34(40(44,45)41(46,47)39(33,42)43)30-20-32(53-38(30,4)37(29,3)52-31)36(51)49-22(2)26-18-10-14-24-12-6-8-16-28(24)26/h5-22H,1-4H3,(H,48,50)(H,49,51)/t21-,22-,37?,38?/m1/s1. The van der Waals surface area contributed by atoms with Crippen molar-refractivity contribution in [2.45, 2.75) is 67.0 Å². The van der Waals surface area contributed by atoms with Gasteiger partial charge in [-0.2, -0.15) is 26.3 Å². The Morgan fingerprint density at radius 3 is 1.32 bits per heavy atom. The number of nitrogens with one attached hydrogen (secondary N) is 2. The molecule has 0 bridgehead atoms. The molecule has 4 aliphatic rings. The summed E-state index contributed by atoms with van der Waals surface area (Å²) < 4.78 is 90.6. The van der Waals surface area contributed by atoms with Gasteiger partial charge in [0, 0.05) is 11.1 Å². The first kappa shape index (κ1) is 35.6. The summed E-state index contributed by atoms with van der Waals surface area (Å²) in [6.45, 7) is 6.46. The number of thioether (sulfide) groups is 2. The summed E-state index contributed by atoms with van der Waals surface area (Å²) in [5.74, 6) is -17.7. The largest absolute Gasteiger partial charge is 0.380 e. The van der Waals surface area contributed by atoms with E-state index < -0.39 is 73.5 Å². The highest BCUT2D eigenvalue weighted by Crippen LogP contribution is 2.74. The van der Waals surface area contributed by atoms with Gasteiger partial charge in [-0.1, -0.05) is 84.9 Å². The molecule has 2 N–H and O–H groups in total. The van der Waals surface area contributed by atoms with Crippen molar-refractivity contribution in [3.8, 4) is 0 Å². The number of halogens is 6. The van der Waals surface area contributed by atoms with Gasteiger partial charge in [-0.05, 0) is 83.7 Å². The second-order valence-corrected chi connectivity index (χ2v) is 17.0. The lowest BCUT2D eigenvalue weighted by atomic mass is 9.71. The number of hydrogen-bond acceptors (Lipinski definition) is 4. The topological polar surface area (TPSA) is 58.2 Å². The third kappa shape index (κ3) is 4.86. The Morgan fingerprint density at radius 1 is 0.566 bits per heavy atom. The Hall–Kier alpha value is -4.42. The summed E-state index contributed by atoms with van der Waals surface area (Å²) in [7, 11) is 0. The number of rotatable bonds is 6. The van der Waals surface area contributed by atoms with E-state index in [0.29, 0.717) is 0 Å². The van der Waals surface area contributed by atoms with Gasteiger partial charge in [-0.3, -0.25) is 9.59 Å². The Bertz CT molecular complexity index is 2240. The molecule has 2 amide bonds. The van der Waals surface area contributed by atoms with Crippen LogP contribution < -0.4 is 10.6 Å². The van der Waals surface area contributed by atoms with E-state index in [1.165, 1.54) is 13.8 Å². The Morgan fingerprint density at radius 2 is 0.925 bits per heavy atom. The zero-order valence-corrected chi connectivity index (χ0v) is 30.4. The zero-order valence-electron chi connectivity index (χ0n) is 28.8. The van der Waals surface area contributed by atoms with E-state index in [0.717, 1.165) is 68.3 Å². The molecule has 272 valence electrons. The molecule has 0 spiro atoms. The molecule has 0 aromatic heterocycles. The maximum atomic E-state index is 15.8. The van der Waals surface area contributed by atoms with Crippen molar-refractivity contribution in [3.63, 3.8) is 0 Å². The molecule has 2 heterocycles. The monoisotopic (exact) mass is 762 g/mol. The second-order valence-electron chi connectivity index (χ2n) is 14.1. The van der Waals surface area contributed by atoms with Crippen LogP contribution in [0.4, 0.5) is 26.3 Å². The van der Waals surface area contributed by atoms with E-state index in [2.05, 4.69) is 10.6 Å². The Balaban J connectivity index is 1.17. The van der Waals surface area contributed by atoms with Crippen molar-refractivity contribution in [1.82, 2.24) is 10.6 Å². The van der Waals surface area contributed by atoms with Crippen molar-refractivity contribution in [2.24, 2.45) is 0 Å². The number of benzene rings is 4. The lowest BCUT2D eigenvalue weighted by molar-refractivity contribution is -0.258. The summed E-state index contributed by atoms with van der Waals surface area (Å²) in [5.41, 5.74) is -2.39. The number of allylic oxidation sites excluding steroid dienone is 4. The molecule has 53 heavy (non-hydrogen) atoms. The average Bonchev–Trinajstić information content (AvgIpc) is 3.71. The second kappa shape index (κ2) is 11.8. The van der Waals surface area contributed by atoms with Gasteiger partial charge in [-0.25, -0.2) is 0 Å². The van der Waals surface area contributed by atoms with Gasteiger partial charge in [0.1, 0.15) is 0 Å². The highest BCUT2D eigenvalue weighted by atomic mass is 32.2. The third-order valence-corrected chi connectivity index (χ3v) is 14.3. The zero-order chi connectivity index (χ0) is 37.9. The van der Waals surface area contributed by atoms with Crippen LogP contribution in [0, 0.1) is 0 Å². The minimum absolute atomic E-state index is 0.0960. The quantitative estimate of drug-likeness (QED) is 0.192. The highest BCUT2D eigenvalue weighted by molar-refractivity contribution is 8.10. The van der Waals surface area contributed by atoms with Gasteiger partial charge in [0.2, 0.25) is 0 Å². The molecule has 8 rings (SSSR count).